The van der Waals surface area contributed by atoms with E-state index in [9.17, 15) is 9.90 Å². The SMILES string of the molecule is Cc1ccc(C2(C(=O)O)CCC2)c(C)c1Cl. The Morgan fingerprint density at radius 1 is 1.38 bits per heavy atom. The third kappa shape index (κ3) is 1.44. The van der Waals surface area contributed by atoms with Crippen LogP contribution in [0.2, 0.25) is 5.02 Å². The molecule has 1 saturated carbocycles. The smallest absolute Gasteiger partial charge is 0.314 e. The summed E-state index contributed by atoms with van der Waals surface area (Å²) in [4.78, 5) is 11.4. The van der Waals surface area contributed by atoms with Gasteiger partial charge in [0, 0.05) is 5.02 Å². The van der Waals surface area contributed by atoms with Crippen molar-refractivity contribution in [3.05, 3.63) is 33.8 Å². The van der Waals surface area contributed by atoms with E-state index in [1.807, 2.05) is 26.0 Å². The molecule has 2 nitrogen and oxygen atoms in total. The Morgan fingerprint density at radius 2 is 2.00 bits per heavy atom. The third-order valence-corrected chi connectivity index (χ3v) is 4.29. The van der Waals surface area contributed by atoms with Crippen molar-refractivity contribution in [3.63, 3.8) is 0 Å². The second-order valence-corrected chi connectivity index (χ2v) is 4.99. The Balaban J connectivity index is 2.56. The maximum absolute atomic E-state index is 11.4. The number of carboxylic acids is 1. The number of halogens is 1. The molecule has 16 heavy (non-hydrogen) atoms. The molecule has 0 aromatic heterocycles. The summed E-state index contributed by atoms with van der Waals surface area (Å²) in [5.74, 6) is -0.721. The summed E-state index contributed by atoms with van der Waals surface area (Å²) in [6, 6.07) is 3.83. The summed E-state index contributed by atoms with van der Waals surface area (Å²) < 4.78 is 0. The molecule has 0 heterocycles. The summed E-state index contributed by atoms with van der Waals surface area (Å²) >= 11 is 6.18. The second kappa shape index (κ2) is 3.77. The van der Waals surface area contributed by atoms with Gasteiger partial charge in [-0.3, -0.25) is 4.79 Å². The zero-order valence-electron chi connectivity index (χ0n) is 9.51. The topological polar surface area (TPSA) is 37.3 Å². The second-order valence-electron chi connectivity index (χ2n) is 4.61. The first-order valence-corrected chi connectivity index (χ1v) is 5.86. The average Bonchev–Trinajstić information content (AvgIpc) is 2.16. The zero-order valence-corrected chi connectivity index (χ0v) is 10.3. The Bertz CT molecular complexity index is 447. The molecular weight excluding hydrogens is 224 g/mol. The normalized spacial score (nSPS) is 17.9. The van der Waals surface area contributed by atoms with Crippen LogP contribution in [-0.2, 0) is 10.2 Å². The molecule has 86 valence electrons. The van der Waals surface area contributed by atoms with E-state index in [1.165, 1.54) is 0 Å². The lowest BCUT2D eigenvalue weighted by Gasteiger charge is -2.39. The van der Waals surface area contributed by atoms with Gasteiger partial charge in [-0.2, -0.15) is 0 Å². The minimum absolute atomic E-state index is 0.679. The number of hydrogen-bond donors (Lipinski definition) is 1. The zero-order chi connectivity index (χ0) is 11.9. The fourth-order valence-electron chi connectivity index (χ4n) is 2.47. The van der Waals surface area contributed by atoms with Gasteiger partial charge in [0.2, 0.25) is 0 Å². The maximum Gasteiger partial charge on any atom is 0.314 e. The summed E-state index contributed by atoms with van der Waals surface area (Å²) in [7, 11) is 0. The van der Waals surface area contributed by atoms with Gasteiger partial charge in [0.1, 0.15) is 0 Å². The standard InChI is InChI=1S/C13H15ClO2/c1-8-4-5-10(9(2)11(8)14)13(12(15)16)6-3-7-13/h4-5H,3,6-7H2,1-2H3,(H,15,16). The van der Waals surface area contributed by atoms with E-state index in [4.69, 9.17) is 11.6 Å². The van der Waals surface area contributed by atoms with Crippen LogP contribution < -0.4 is 0 Å². The van der Waals surface area contributed by atoms with E-state index < -0.39 is 11.4 Å². The van der Waals surface area contributed by atoms with Crippen LogP contribution in [0.1, 0.15) is 36.0 Å². The van der Waals surface area contributed by atoms with Gasteiger partial charge in [-0.05, 0) is 43.4 Å². The van der Waals surface area contributed by atoms with Gasteiger partial charge in [0.05, 0.1) is 5.41 Å². The van der Waals surface area contributed by atoms with Crippen molar-refractivity contribution in [2.45, 2.75) is 38.5 Å². The molecule has 0 aliphatic heterocycles. The van der Waals surface area contributed by atoms with Gasteiger partial charge in [0.15, 0.2) is 0 Å². The first-order valence-electron chi connectivity index (χ1n) is 5.48. The highest BCUT2D eigenvalue weighted by molar-refractivity contribution is 6.32. The van der Waals surface area contributed by atoms with Gasteiger partial charge in [0.25, 0.3) is 0 Å². The van der Waals surface area contributed by atoms with Crippen LogP contribution in [0.3, 0.4) is 0 Å². The lowest BCUT2D eigenvalue weighted by atomic mass is 9.63. The molecular formula is C13H15ClO2. The van der Waals surface area contributed by atoms with E-state index in [1.54, 1.807) is 0 Å². The number of rotatable bonds is 2. The molecule has 1 aliphatic carbocycles. The van der Waals surface area contributed by atoms with Crippen molar-refractivity contribution in [2.75, 3.05) is 0 Å². The fourth-order valence-corrected chi connectivity index (χ4v) is 2.63. The van der Waals surface area contributed by atoms with E-state index >= 15 is 0 Å². The molecule has 2 rings (SSSR count). The van der Waals surface area contributed by atoms with Gasteiger partial charge >= 0.3 is 5.97 Å². The van der Waals surface area contributed by atoms with Gasteiger partial charge < -0.3 is 5.11 Å². The fraction of sp³-hybridized carbons (Fsp3) is 0.462. The molecule has 1 fully saturated rings. The van der Waals surface area contributed by atoms with E-state index in [0.29, 0.717) is 5.02 Å². The Hall–Kier alpha value is -1.02. The molecule has 0 amide bonds. The summed E-state index contributed by atoms with van der Waals surface area (Å²) in [6.45, 7) is 3.85. The van der Waals surface area contributed by atoms with Gasteiger partial charge in [-0.25, -0.2) is 0 Å². The van der Waals surface area contributed by atoms with Crippen LogP contribution in [0.25, 0.3) is 0 Å². The Kier molecular flexibility index (Phi) is 2.70. The van der Waals surface area contributed by atoms with Crippen LogP contribution >= 0.6 is 11.6 Å². The van der Waals surface area contributed by atoms with E-state index in [2.05, 4.69) is 0 Å². The molecule has 1 aromatic carbocycles. The number of aryl methyl sites for hydroxylation is 1. The average molecular weight is 239 g/mol. The first-order chi connectivity index (χ1) is 7.49. The Labute approximate surface area is 100 Å². The molecule has 0 saturated heterocycles. The van der Waals surface area contributed by atoms with Crippen molar-refractivity contribution in [1.82, 2.24) is 0 Å². The molecule has 1 N–H and O–H groups in total. The largest absolute Gasteiger partial charge is 0.481 e. The molecule has 0 spiro atoms. The molecule has 3 heteroatoms. The van der Waals surface area contributed by atoms with Crippen LogP contribution in [0.15, 0.2) is 12.1 Å². The van der Waals surface area contributed by atoms with Crippen molar-refractivity contribution >= 4 is 17.6 Å². The molecule has 0 radical (unpaired) electrons. The van der Waals surface area contributed by atoms with Crippen molar-refractivity contribution < 1.29 is 9.90 Å². The van der Waals surface area contributed by atoms with Gasteiger partial charge in [-0.15, -0.1) is 0 Å². The maximum atomic E-state index is 11.4. The molecule has 1 aliphatic rings. The molecule has 0 unspecified atom stereocenters. The van der Waals surface area contributed by atoms with E-state index in [-0.39, 0.29) is 0 Å². The number of carboxylic acid groups (broad SMARTS) is 1. The number of benzene rings is 1. The van der Waals surface area contributed by atoms with Crippen LogP contribution in [0.4, 0.5) is 0 Å². The lowest BCUT2D eigenvalue weighted by Crippen LogP contribution is -2.42. The number of hydrogen-bond acceptors (Lipinski definition) is 1. The number of aliphatic carboxylic acids is 1. The van der Waals surface area contributed by atoms with Crippen molar-refractivity contribution in [3.8, 4) is 0 Å². The highest BCUT2D eigenvalue weighted by Gasteiger charge is 2.46. The van der Waals surface area contributed by atoms with Gasteiger partial charge in [-0.1, -0.05) is 30.2 Å². The quantitative estimate of drug-likeness (QED) is 0.857. The third-order valence-electron chi connectivity index (χ3n) is 3.71. The van der Waals surface area contributed by atoms with Crippen molar-refractivity contribution in [1.29, 1.82) is 0 Å². The Morgan fingerprint density at radius 3 is 2.44 bits per heavy atom. The minimum atomic E-state index is -0.721. The predicted octanol–water partition coefficient (Wildman–Crippen LogP) is 3.46. The number of carbonyl (C=O) groups is 1. The summed E-state index contributed by atoms with van der Waals surface area (Å²) in [5.41, 5.74) is 2.13. The molecule has 0 bridgehead atoms. The van der Waals surface area contributed by atoms with Crippen LogP contribution in [-0.4, -0.2) is 11.1 Å². The summed E-state index contributed by atoms with van der Waals surface area (Å²) in [6.07, 6.45) is 2.43. The van der Waals surface area contributed by atoms with E-state index in [0.717, 1.165) is 36.0 Å². The summed E-state index contributed by atoms with van der Waals surface area (Å²) in [5, 5.41) is 10.1. The molecule has 0 atom stereocenters. The lowest BCUT2D eigenvalue weighted by molar-refractivity contribution is -0.147. The minimum Gasteiger partial charge on any atom is -0.481 e. The van der Waals surface area contributed by atoms with Crippen LogP contribution in [0.5, 0.6) is 0 Å². The first kappa shape index (κ1) is 11.5. The predicted molar refractivity (Wildman–Crippen MR) is 64.1 cm³/mol. The highest BCUT2D eigenvalue weighted by atomic mass is 35.5. The monoisotopic (exact) mass is 238 g/mol. The van der Waals surface area contributed by atoms with Crippen LogP contribution in [0, 0.1) is 13.8 Å². The van der Waals surface area contributed by atoms with Crippen molar-refractivity contribution in [2.24, 2.45) is 0 Å². The molecule has 1 aromatic rings. The highest BCUT2D eigenvalue weighted by Crippen LogP contribution is 2.46.